The fraction of sp³-hybridized carbons (Fsp3) is 0.0833. The summed E-state index contributed by atoms with van der Waals surface area (Å²) in [5.74, 6) is -1.04. The van der Waals surface area contributed by atoms with Crippen LogP contribution in [0, 0.1) is 0 Å². The standard InChI is InChI=1S/C12H10O2.Na/c13-12(14)8-10-6-3-5-9-4-1-2-7-11(9)10;/h1-7H,8H2,(H,13,14);/q;+1/p-1. The Labute approximate surface area is 110 Å². The van der Waals surface area contributed by atoms with Crippen LogP contribution in [0.5, 0.6) is 0 Å². The van der Waals surface area contributed by atoms with Crippen molar-refractivity contribution in [2.24, 2.45) is 0 Å². The summed E-state index contributed by atoms with van der Waals surface area (Å²) in [7, 11) is 0. The first-order chi connectivity index (χ1) is 6.77. The number of benzene rings is 2. The molecule has 0 unspecified atom stereocenters. The monoisotopic (exact) mass is 208 g/mol. The first-order valence-electron chi connectivity index (χ1n) is 4.44. The molecule has 0 amide bonds. The van der Waals surface area contributed by atoms with E-state index < -0.39 is 5.97 Å². The van der Waals surface area contributed by atoms with Gasteiger partial charge in [-0.15, -0.1) is 0 Å². The molecule has 0 aliphatic heterocycles. The molecule has 0 N–H and O–H groups in total. The Balaban J connectivity index is 0.00000112. The fourth-order valence-corrected chi connectivity index (χ4v) is 1.60. The molecule has 15 heavy (non-hydrogen) atoms. The molecule has 0 bridgehead atoms. The number of aliphatic carboxylic acids is 1. The van der Waals surface area contributed by atoms with Crippen LogP contribution < -0.4 is 34.7 Å². The number of rotatable bonds is 2. The Morgan fingerprint density at radius 2 is 1.73 bits per heavy atom. The van der Waals surface area contributed by atoms with E-state index in [-0.39, 0.29) is 36.0 Å². The van der Waals surface area contributed by atoms with E-state index in [0.717, 1.165) is 16.3 Å². The van der Waals surface area contributed by atoms with Crippen LogP contribution in [0.1, 0.15) is 5.56 Å². The number of carbonyl (C=O) groups is 1. The van der Waals surface area contributed by atoms with Gasteiger partial charge in [0, 0.05) is 12.4 Å². The minimum atomic E-state index is -1.04. The predicted octanol–water partition coefficient (Wildman–Crippen LogP) is -1.86. The van der Waals surface area contributed by atoms with Gasteiger partial charge in [0.15, 0.2) is 0 Å². The molecule has 0 aliphatic rings. The molecule has 0 atom stereocenters. The van der Waals surface area contributed by atoms with Gasteiger partial charge in [-0.1, -0.05) is 42.5 Å². The second-order valence-electron chi connectivity index (χ2n) is 3.19. The maximum absolute atomic E-state index is 10.5. The molecule has 0 aromatic heterocycles. The largest absolute Gasteiger partial charge is 1.00 e. The SMILES string of the molecule is O=C([O-])Cc1cccc2ccccc12.[Na+]. The van der Waals surface area contributed by atoms with E-state index in [0.29, 0.717) is 0 Å². The zero-order valence-electron chi connectivity index (χ0n) is 8.57. The van der Waals surface area contributed by atoms with Crippen LogP contribution in [-0.4, -0.2) is 5.97 Å². The van der Waals surface area contributed by atoms with Gasteiger partial charge in [0.2, 0.25) is 0 Å². The molecule has 2 aromatic rings. The van der Waals surface area contributed by atoms with Gasteiger partial charge in [0.05, 0.1) is 0 Å². The number of hydrogen-bond donors (Lipinski definition) is 0. The van der Waals surface area contributed by atoms with Crippen molar-refractivity contribution < 1.29 is 39.5 Å². The van der Waals surface area contributed by atoms with Crippen molar-refractivity contribution in [2.45, 2.75) is 6.42 Å². The fourth-order valence-electron chi connectivity index (χ4n) is 1.60. The van der Waals surface area contributed by atoms with E-state index >= 15 is 0 Å². The van der Waals surface area contributed by atoms with Crippen LogP contribution in [0.25, 0.3) is 10.8 Å². The van der Waals surface area contributed by atoms with Crippen LogP contribution in [0.2, 0.25) is 0 Å². The second-order valence-corrected chi connectivity index (χ2v) is 3.19. The van der Waals surface area contributed by atoms with E-state index in [4.69, 9.17) is 0 Å². The molecule has 2 aromatic carbocycles. The van der Waals surface area contributed by atoms with Gasteiger partial charge in [0.25, 0.3) is 0 Å². The number of hydrogen-bond acceptors (Lipinski definition) is 2. The molecular weight excluding hydrogens is 199 g/mol. The van der Waals surface area contributed by atoms with Gasteiger partial charge in [-0.2, -0.15) is 0 Å². The molecule has 70 valence electrons. The molecule has 0 heterocycles. The van der Waals surface area contributed by atoms with E-state index in [1.165, 1.54) is 0 Å². The zero-order valence-corrected chi connectivity index (χ0v) is 10.6. The van der Waals surface area contributed by atoms with Crippen molar-refractivity contribution in [3.63, 3.8) is 0 Å². The Morgan fingerprint density at radius 3 is 2.47 bits per heavy atom. The summed E-state index contributed by atoms with van der Waals surface area (Å²) in [6.07, 6.45) is -0.0264. The molecule has 0 radical (unpaired) electrons. The quantitative estimate of drug-likeness (QED) is 0.543. The van der Waals surface area contributed by atoms with Crippen molar-refractivity contribution in [1.82, 2.24) is 0 Å². The van der Waals surface area contributed by atoms with Crippen molar-refractivity contribution in [1.29, 1.82) is 0 Å². The van der Waals surface area contributed by atoms with Gasteiger partial charge in [-0.3, -0.25) is 0 Å². The van der Waals surface area contributed by atoms with E-state index in [2.05, 4.69) is 0 Å². The minimum absolute atomic E-state index is 0. The van der Waals surface area contributed by atoms with E-state index in [9.17, 15) is 9.90 Å². The second kappa shape index (κ2) is 5.31. The summed E-state index contributed by atoms with van der Waals surface area (Å²) < 4.78 is 0. The van der Waals surface area contributed by atoms with Crippen LogP contribution in [0.4, 0.5) is 0 Å². The average Bonchev–Trinajstić information content (AvgIpc) is 2.18. The van der Waals surface area contributed by atoms with Gasteiger partial charge in [-0.25, -0.2) is 0 Å². The third-order valence-corrected chi connectivity index (χ3v) is 2.21. The number of fused-ring (bicyclic) bond motifs is 1. The first-order valence-corrected chi connectivity index (χ1v) is 4.44. The van der Waals surface area contributed by atoms with Gasteiger partial charge in [0.1, 0.15) is 0 Å². The van der Waals surface area contributed by atoms with E-state index in [1.807, 2.05) is 42.5 Å². The predicted molar refractivity (Wildman–Crippen MR) is 52.7 cm³/mol. The Kier molecular flexibility index (Phi) is 4.33. The van der Waals surface area contributed by atoms with E-state index in [1.54, 1.807) is 0 Å². The molecule has 2 nitrogen and oxygen atoms in total. The third kappa shape index (κ3) is 2.81. The van der Waals surface area contributed by atoms with Crippen LogP contribution in [0.3, 0.4) is 0 Å². The summed E-state index contributed by atoms with van der Waals surface area (Å²) in [5.41, 5.74) is 0.808. The summed E-state index contributed by atoms with van der Waals surface area (Å²) in [5, 5.41) is 12.5. The van der Waals surface area contributed by atoms with Crippen molar-refractivity contribution in [3.8, 4) is 0 Å². The average molecular weight is 208 g/mol. The molecule has 0 saturated heterocycles. The van der Waals surface area contributed by atoms with Gasteiger partial charge in [-0.05, 0) is 16.3 Å². The van der Waals surface area contributed by atoms with Crippen molar-refractivity contribution in [3.05, 3.63) is 48.0 Å². The molecule has 0 fully saturated rings. The molecule has 0 spiro atoms. The maximum atomic E-state index is 10.5. The van der Waals surface area contributed by atoms with Crippen molar-refractivity contribution in [2.75, 3.05) is 0 Å². The smallest absolute Gasteiger partial charge is 0.550 e. The van der Waals surface area contributed by atoms with Gasteiger partial charge < -0.3 is 9.90 Å². The maximum Gasteiger partial charge on any atom is 1.00 e. The minimum Gasteiger partial charge on any atom is -0.550 e. The van der Waals surface area contributed by atoms with Crippen LogP contribution in [0.15, 0.2) is 42.5 Å². The summed E-state index contributed by atoms with van der Waals surface area (Å²) in [6, 6.07) is 13.4. The molecule has 2 rings (SSSR count). The number of carbonyl (C=O) groups excluding carboxylic acids is 1. The first kappa shape index (κ1) is 12.2. The number of carboxylic acid groups (broad SMARTS) is 1. The molecule has 0 saturated carbocycles. The van der Waals surface area contributed by atoms with Crippen LogP contribution >= 0.6 is 0 Å². The zero-order chi connectivity index (χ0) is 9.97. The molecular formula is C12H9NaO2. The van der Waals surface area contributed by atoms with Crippen molar-refractivity contribution >= 4 is 16.7 Å². The Hall–Kier alpha value is -0.830. The molecule has 3 heteroatoms. The third-order valence-electron chi connectivity index (χ3n) is 2.21. The summed E-state index contributed by atoms with van der Waals surface area (Å²) in [4.78, 5) is 10.5. The normalized spacial score (nSPS) is 9.60. The Bertz CT molecular complexity index is 475. The summed E-state index contributed by atoms with van der Waals surface area (Å²) in [6.45, 7) is 0. The molecule has 0 aliphatic carbocycles. The topological polar surface area (TPSA) is 40.1 Å². The van der Waals surface area contributed by atoms with Gasteiger partial charge >= 0.3 is 29.6 Å². The van der Waals surface area contributed by atoms with Crippen LogP contribution in [-0.2, 0) is 11.2 Å². The Morgan fingerprint density at radius 1 is 1.07 bits per heavy atom. The number of carboxylic acids is 1. The summed E-state index contributed by atoms with van der Waals surface area (Å²) >= 11 is 0.